The highest BCUT2D eigenvalue weighted by Gasteiger charge is 2.40. The molecular weight excluding hydrogens is 430 g/mol. The van der Waals surface area contributed by atoms with Gasteiger partial charge in [-0.1, -0.05) is 23.7 Å². The number of ether oxygens (including phenoxy) is 2. The normalized spacial score (nSPS) is 21.9. The Bertz CT molecular complexity index is 1300. The van der Waals surface area contributed by atoms with Crippen molar-refractivity contribution in [1.82, 2.24) is 14.9 Å². The van der Waals surface area contributed by atoms with E-state index in [1.165, 1.54) is 22.8 Å². The molecule has 1 fully saturated rings. The molecule has 0 radical (unpaired) electrons. The van der Waals surface area contributed by atoms with Crippen LogP contribution in [0.3, 0.4) is 0 Å². The zero-order valence-corrected chi connectivity index (χ0v) is 18.9. The van der Waals surface area contributed by atoms with Gasteiger partial charge in [0.05, 0.1) is 30.1 Å². The molecule has 3 atom stereocenters. The third kappa shape index (κ3) is 3.40. The monoisotopic (exact) mass is 455 g/mol. The largest absolute Gasteiger partial charge is 0.496 e. The Kier molecular flexibility index (Phi) is 5.47. The lowest BCUT2D eigenvalue weighted by Gasteiger charge is -2.32. The van der Waals surface area contributed by atoms with Crippen molar-refractivity contribution in [2.24, 2.45) is 5.92 Å². The smallest absolute Gasteiger partial charge is 0.328 e. The molecular formula is C24H26ClN3O4. The fourth-order valence-corrected chi connectivity index (χ4v) is 5.73. The number of H-pyrrole nitrogens is 1. The van der Waals surface area contributed by atoms with Crippen LogP contribution in [0.15, 0.2) is 39.9 Å². The van der Waals surface area contributed by atoms with E-state index in [4.69, 9.17) is 21.1 Å². The van der Waals surface area contributed by atoms with Gasteiger partial charge in [0.25, 0.3) is 5.56 Å². The maximum Gasteiger partial charge on any atom is 0.328 e. The van der Waals surface area contributed by atoms with Crippen LogP contribution in [0.2, 0.25) is 5.02 Å². The van der Waals surface area contributed by atoms with Gasteiger partial charge in [0.15, 0.2) is 0 Å². The van der Waals surface area contributed by atoms with Crippen molar-refractivity contribution in [3.63, 3.8) is 0 Å². The maximum absolute atomic E-state index is 13.1. The first-order valence-electron chi connectivity index (χ1n) is 10.9. The van der Waals surface area contributed by atoms with Gasteiger partial charge in [-0.05, 0) is 55.0 Å². The predicted octanol–water partition coefficient (Wildman–Crippen LogP) is 3.07. The second-order valence-corrected chi connectivity index (χ2v) is 8.98. The SMILES string of the molecule is COc1cc2[nH]c(=O)n(CCC3NC[C@@H]4CCc5c(OC)cccc5[C@H]34)c(=O)c2cc1Cl. The number of aromatic nitrogens is 2. The summed E-state index contributed by atoms with van der Waals surface area (Å²) in [5.74, 6) is 2.26. The molecule has 2 N–H and O–H groups in total. The summed E-state index contributed by atoms with van der Waals surface area (Å²) in [4.78, 5) is 28.6. The highest BCUT2D eigenvalue weighted by atomic mass is 35.5. The topological polar surface area (TPSA) is 85.3 Å². The van der Waals surface area contributed by atoms with E-state index in [0.29, 0.717) is 46.5 Å². The first kappa shape index (κ1) is 21.1. The molecule has 3 aromatic rings. The fourth-order valence-electron chi connectivity index (χ4n) is 5.48. The molecule has 1 unspecified atom stereocenters. The van der Waals surface area contributed by atoms with E-state index >= 15 is 0 Å². The highest BCUT2D eigenvalue weighted by Crippen LogP contribution is 2.45. The Morgan fingerprint density at radius 2 is 1.97 bits per heavy atom. The molecule has 7 nitrogen and oxygen atoms in total. The molecule has 2 aromatic carbocycles. The summed E-state index contributed by atoms with van der Waals surface area (Å²) in [5, 5.41) is 4.35. The van der Waals surface area contributed by atoms with Crippen molar-refractivity contribution in [1.29, 1.82) is 0 Å². The van der Waals surface area contributed by atoms with Crippen LogP contribution < -0.4 is 26.0 Å². The summed E-state index contributed by atoms with van der Waals surface area (Å²) in [6.07, 6.45) is 2.80. The summed E-state index contributed by atoms with van der Waals surface area (Å²) < 4.78 is 12.1. The van der Waals surface area contributed by atoms with Crippen molar-refractivity contribution in [3.8, 4) is 11.5 Å². The van der Waals surface area contributed by atoms with E-state index in [1.54, 1.807) is 19.2 Å². The second kappa shape index (κ2) is 8.30. The van der Waals surface area contributed by atoms with Crippen LogP contribution in [0, 0.1) is 5.92 Å². The summed E-state index contributed by atoms with van der Waals surface area (Å²) in [6.45, 7) is 1.28. The number of nitrogens with zero attached hydrogens (tertiary/aromatic N) is 1. The lowest BCUT2D eigenvalue weighted by Crippen LogP contribution is -2.38. The lowest BCUT2D eigenvalue weighted by molar-refractivity contribution is 0.371. The first-order chi connectivity index (χ1) is 15.5. The van der Waals surface area contributed by atoms with Crippen LogP contribution in [-0.2, 0) is 13.0 Å². The van der Waals surface area contributed by atoms with Crippen molar-refractivity contribution in [3.05, 3.63) is 67.3 Å². The Morgan fingerprint density at radius 1 is 1.16 bits per heavy atom. The summed E-state index contributed by atoms with van der Waals surface area (Å²) in [6, 6.07) is 9.58. The maximum atomic E-state index is 13.1. The van der Waals surface area contributed by atoms with Crippen molar-refractivity contribution in [2.45, 2.75) is 37.8 Å². The van der Waals surface area contributed by atoms with Gasteiger partial charge in [0, 0.05) is 24.6 Å². The lowest BCUT2D eigenvalue weighted by atomic mass is 9.73. The Labute approximate surface area is 190 Å². The van der Waals surface area contributed by atoms with E-state index in [9.17, 15) is 9.59 Å². The van der Waals surface area contributed by atoms with Crippen molar-refractivity contribution >= 4 is 22.5 Å². The molecule has 0 spiro atoms. The number of fused-ring (bicyclic) bond motifs is 4. The number of hydrogen-bond acceptors (Lipinski definition) is 5. The minimum atomic E-state index is -0.424. The Morgan fingerprint density at radius 3 is 2.75 bits per heavy atom. The van der Waals surface area contributed by atoms with Gasteiger partial charge >= 0.3 is 5.69 Å². The van der Waals surface area contributed by atoms with E-state index in [1.807, 2.05) is 12.1 Å². The molecule has 1 aliphatic carbocycles. The van der Waals surface area contributed by atoms with E-state index in [0.717, 1.165) is 25.1 Å². The van der Waals surface area contributed by atoms with Gasteiger partial charge < -0.3 is 19.8 Å². The number of rotatable bonds is 5. The fraction of sp³-hybridized carbons (Fsp3) is 0.417. The van der Waals surface area contributed by atoms with Gasteiger partial charge in [0.2, 0.25) is 0 Å². The molecule has 2 aliphatic rings. The molecule has 1 aliphatic heterocycles. The van der Waals surface area contributed by atoms with Crippen molar-refractivity contribution < 1.29 is 9.47 Å². The number of nitrogens with one attached hydrogen (secondary N) is 2. The van der Waals surface area contributed by atoms with Crippen LogP contribution in [0.25, 0.3) is 10.9 Å². The minimum absolute atomic E-state index is 0.188. The first-order valence-corrected chi connectivity index (χ1v) is 11.3. The predicted molar refractivity (Wildman–Crippen MR) is 124 cm³/mol. The van der Waals surface area contributed by atoms with Crippen LogP contribution in [0.1, 0.15) is 29.9 Å². The van der Waals surface area contributed by atoms with E-state index < -0.39 is 5.69 Å². The van der Waals surface area contributed by atoms with Crippen LogP contribution in [0.5, 0.6) is 11.5 Å². The highest BCUT2D eigenvalue weighted by molar-refractivity contribution is 6.32. The summed E-state index contributed by atoms with van der Waals surface area (Å²) >= 11 is 6.21. The van der Waals surface area contributed by atoms with Gasteiger partial charge in [0.1, 0.15) is 11.5 Å². The van der Waals surface area contributed by atoms with E-state index in [-0.39, 0.29) is 11.6 Å². The molecule has 0 amide bonds. The zero-order valence-electron chi connectivity index (χ0n) is 18.1. The molecule has 1 saturated heterocycles. The van der Waals surface area contributed by atoms with Gasteiger partial charge in [-0.25, -0.2) is 4.79 Å². The number of benzene rings is 2. The summed E-state index contributed by atoms with van der Waals surface area (Å²) in [7, 11) is 3.21. The van der Waals surface area contributed by atoms with E-state index in [2.05, 4.69) is 16.4 Å². The molecule has 32 heavy (non-hydrogen) atoms. The average molecular weight is 456 g/mol. The standard InChI is InChI=1S/C24H26ClN3O4/c1-31-20-5-3-4-15-14(20)7-6-13-12-26-18(22(13)15)8-9-28-23(29)16-10-17(25)21(32-2)11-19(16)27-24(28)30/h3-5,10-11,13,18,22,26H,6-9,12H2,1-2H3,(H,27,30)/t13-,18?,22+/m0/s1. The molecule has 0 saturated carbocycles. The molecule has 168 valence electrons. The minimum Gasteiger partial charge on any atom is -0.496 e. The molecule has 0 bridgehead atoms. The molecule has 1 aromatic heterocycles. The number of hydrogen-bond donors (Lipinski definition) is 2. The van der Waals surface area contributed by atoms with Crippen LogP contribution in [0.4, 0.5) is 0 Å². The van der Waals surface area contributed by atoms with Crippen LogP contribution >= 0.6 is 11.6 Å². The second-order valence-electron chi connectivity index (χ2n) is 8.58. The van der Waals surface area contributed by atoms with Gasteiger partial charge in [-0.15, -0.1) is 0 Å². The average Bonchev–Trinajstić information content (AvgIpc) is 3.22. The third-order valence-electron chi connectivity index (χ3n) is 7.02. The quantitative estimate of drug-likeness (QED) is 0.617. The van der Waals surface area contributed by atoms with Crippen LogP contribution in [-0.4, -0.2) is 36.4 Å². The third-order valence-corrected chi connectivity index (χ3v) is 7.31. The summed E-state index contributed by atoms with van der Waals surface area (Å²) in [5.41, 5.74) is 2.27. The number of methoxy groups -OCH3 is 2. The molecule has 8 heteroatoms. The Balaban J connectivity index is 1.45. The molecule has 2 heterocycles. The van der Waals surface area contributed by atoms with Gasteiger partial charge in [-0.3, -0.25) is 9.36 Å². The number of halogens is 1. The molecule has 5 rings (SSSR count). The Hall–Kier alpha value is -2.77. The number of aromatic amines is 1. The van der Waals surface area contributed by atoms with Gasteiger partial charge in [-0.2, -0.15) is 0 Å². The zero-order chi connectivity index (χ0) is 22.4. The van der Waals surface area contributed by atoms with Crippen molar-refractivity contribution in [2.75, 3.05) is 20.8 Å².